The molecule has 13 heavy (non-hydrogen) atoms. The predicted octanol–water partition coefficient (Wildman–Crippen LogP) is 1.89. The van der Waals surface area contributed by atoms with Crippen LogP contribution in [0.5, 0.6) is 0 Å². The van der Waals surface area contributed by atoms with Crippen LogP contribution >= 0.6 is 0 Å². The molecule has 0 amide bonds. The average molecular weight is 184 g/mol. The molecule has 0 heterocycles. The number of nitrogens with one attached hydrogen (secondary N) is 1. The predicted molar refractivity (Wildman–Crippen MR) is 57.7 cm³/mol. The van der Waals surface area contributed by atoms with Crippen molar-refractivity contribution in [2.24, 2.45) is 11.1 Å². The van der Waals surface area contributed by atoms with E-state index in [9.17, 15) is 0 Å². The van der Waals surface area contributed by atoms with Gasteiger partial charge in [-0.15, -0.1) is 0 Å². The SMILES string of the molecule is CCCNC1(CN)CCC(C)(C)C1. The Morgan fingerprint density at radius 2 is 2.00 bits per heavy atom. The van der Waals surface area contributed by atoms with Crippen LogP contribution in [0.15, 0.2) is 0 Å². The van der Waals surface area contributed by atoms with E-state index in [1.165, 1.54) is 25.7 Å². The molecule has 0 bridgehead atoms. The Bertz CT molecular complexity index is 165. The molecule has 1 aliphatic rings. The third kappa shape index (κ3) is 2.68. The maximum atomic E-state index is 5.87. The van der Waals surface area contributed by atoms with Crippen LogP contribution in [0.3, 0.4) is 0 Å². The molecule has 0 aromatic rings. The van der Waals surface area contributed by atoms with Crippen molar-refractivity contribution in [2.75, 3.05) is 13.1 Å². The van der Waals surface area contributed by atoms with Crippen molar-refractivity contribution in [3.05, 3.63) is 0 Å². The molecule has 2 heteroatoms. The van der Waals surface area contributed by atoms with E-state index in [1.807, 2.05) is 0 Å². The molecule has 0 aromatic heterocycles. The molecular weight excluding hydrogens is 160 g/mol. The Morgan fingerprint density at radius 1 is 1.31 bits per heavy atom. The Balaban J connectivity index is 2.52. The summed E-state index contributed by atoms with van der Waals surface area (Å²) in [6, 6.07) is 0. The summed E-state index contributed by atoms with van der Waals surface area (Å²) in [5.41, 5.74) is 6.60. The van der Waals surface area contributed by atoms with E-state index in [0.29, 0.717) is 5.41 Å². The van der Waals surface area contributed by atoms with Crippen molar-refractivity contribution in [1.82, 2.24) is 5.32 Å². The van der Waals surface area contributed by atoms with Crippen molar-refractivity contribution >= 4 is 0 Å². The molecule has 1 aliphatic carbocycles. The van der Waals surface area contributed by atoms with Crippen LogP contribution in [0.4, 0.5) is 0 Å². The second-order valence-electron chi connectivity index (χ2n) is 5.25. The summed E-state index contributed by atoms with van der Waals surface area (Å²) in [6.45, 7) is 8.79. The fourth-order valence-electron chi connectivity index (χ4n) is 2.46. The van der Waals surface area contributed by atoms with Crippen molar-refractivity contribution in [2.45, 2.75) is 52.0 Å². The van der Waals surface area contributed by atoms with Crippen molar-refractivity contribution < 1.29 is 0 Å². The number of hydrogen-bond acceptors (Lipinski definition) is 2. The lowest BCUT2D eigenvalue weighted by Crippen LogP contribution is -2.49. The highest BCUT2D eigenvalue weighted by Crippen LogP contribution is 2.42. The molecule has 0 aromatic carbocycles. The first-order chi connectivity index (χ1) is 6.04. The van der Waals surface area contributed by atoms with Crippen LogP contribution < -0.4 is 11.1 Å². The molecular formula is C11H24N2. The van der Waals surface area contributed by atoms with Crippen LogP contribution in [0.1, 0.15) is 46.5 Å². The molecule has 0 saturated heterocycles. The maximum Gasteiger partial charge on any atom is 0.0309 e. The lowest BCUT2D eigenvalue weighted by atomic mass is 9.87. The first kappa shape index (κ1) is 11.0. The smallest absolute Gasteiger partial charge is 0.0309 e. The van der Waals surface area contributed by atoms with Crippen LogP contribution in [-0.4, -0.2) is 18.6 Å². The Hall–Kier alpha value is -0.0800. The van der Waals surface area contributed by atoms with Gasteiger partial charge in [0.25, 0.3) is 0 Å². The van der Waals surface area contributed by atoms with Gasteiger partial charge in [-0.1, -0.05) is 20.8 Å². The quantitative estimate of drug-likeness (QED) is 0.700. The summed E-state index contributed by atoms with van der Waals surface area (Å²) in [5, 5.41) is 3.63. The highest BCUT2D eigenvalue weighted by molar-refractivity contribution is 5.00. The summed E-state index contributed by atoms with van der Waals surface area (Å²) in [7, 11) is 0. The van der Waals surface area contributed by atoms with Gasteiger partial charge >= 0.3 is 0 Å². The number of nitrogens with two attached hydrogens (primary N) is 1. The number of rotatable bonds is 4. The van der Waals surface area contributed by atoms with Gasteiger partial charge in [-0.2, -0.15) is 0 Å². The van der Waals surface area contributed by atoms with Gasteiger partial charge in [0, 0.05) is 12.1 Å². The van der Waals surface area contributed by atoms with E-state index in [1.54, 1.807) is 0 Å². The van der Waals surface area contributed by atoms with Gasteiger partial charge in [-0.05, 0) is 37.6 Å². The van der Waals surface area contributed by atoms with Crippen molar-refractivity contribution in [3.8, 4) is 0 Å². The molecule has 0 radical (unpaired) electrons. The molecule has 1 fully saturated rings. The van der Waals surface area contributed by atoms with Gasteiger partial charge in [0.2, 0.25) is 0 Å². The first-order valence-electron chi connectivity index (χ1n) is 5.49. The van der Waals surface area contributed by atoms with E-state index < -0.39 is 0 Å². The van der Waals surface area contributed by atoms with E-state index in [0.717, 1.165) is 13.1 Å². The molecule has 1 unspecified atom stereocenters. The van der Waals surface area contributed by atoms with E-state index in [2.05, 4.69) is 26.1 Å². The summed E-state index contributed by atoms with van der Waals surface area (Å²) >= 11 is 0. The molecule has 3 N–H and O–H groups in total. The molecule has 1 rings (SSSR count). The topological polar surface area (TPSA) is 38.0 Å². The minimum atomic E-state index is 0.250. The second kappa shape index (κ2) is 3.97. The Morgan fingerprint density at radius 3 is 2.38 bits per heavy atom. The van der Waals surface area contributed by atoms with Gasteiger partial charge in [0.1, 0.15) is 0 Å². The highest BCUT2D eigenvalue weighted by Gasteiger charge is 2.41. The largest absolute Gasteiger partial charge is 0.329 e. The van der Waals surface area contributed by atoms with Crippen LogP contribution in [0.2, 0.25) is 0 Å². The summed E-state index contributed by atoms with van der Waals surface area (Å²) in [4.78, 5) is 0. The Kier molecular flexibility index (Phi) is 3.36. The van der Waals surface area contributed by atoms with Crippen LogP contribution in [0.25, 0.3) is 0 Å². The average Bonchev–Trinajstić information content (AvgIpc) is 2.40. The standard InChI is InChI=1S/C11H24N2/c1-4-7-13-11(9-12)6-5-10(2,3)8-11/h13H,4-9,12H2,1-3H3. The van der Waals surface area contributed by atoms with E-state index in [-0.39, 0.29) is 5.54 Å². The molecule has 0 aliphatic heterocycles. The fourth-order valence-corrected chi connectivity index (χ4v) is 2.46. The summed E-state index contributed by atoms with van der Waals surface area (Å²) < 4.78 is 0. The molecule has 2 nitrogen and oxygen atoms in total. The first-order valence-corrected chi connectivity index (χ1v) is 5.49. The summed E-state index contributed by atoms with van der Waals surface area (Å²) in [6.07, 6.45) is 4.98. The van der Waals surface area contributed by atoms with Gasteiger partial charge in [0.15, 0.2) is 0 Å². The summed E-state index contributed by atoms with van der Waals surface area (Å²) in [5.74, 6) is 0. The number of hydrogen-bond donors (Lipinski definition) is 2. The third-order valence-corrected chi connectivity index (χ3v) is 3.24. The maximum absolute atomic E-state index is 5.87. The van der Waals surface area contributed by atoms with Crippen molar-refractivity contribution in [1.29, 1.82) is 0 Å². The monoisotopic (exact) mass is 184 g/mol. The van der Waals surface area contributed by atoms with Gasteiger partial charge in [0.05, 0.1) is 0 Å². The molecule has 1 atom stereocenters. The second-order valence-corrected chi connectivity index (χ2v) is 5.25. The fraction of sp³-hybridized carbons (Fsp3) is 1.00. The highest BCUT2D eigenvalue weighted by atomic mass is 15.0. The zero-order chi connectivity index (χ0) is 9.95. The molecule has 0 spiro atoms. The van der Waals surface area contributed by atoms with E-state index in [4.69, 9.17) is 5.73 Å². The third-order valence-electron chi connectivity index (χ3n) is 3.24. The molecule has 78 valence electrons. The van der Waals surface area contributed by atoms with Gasteiger partial charge < -0.3 is 11.1 Å². The van der Waals surface area contributed by atoms with Crippen LogP contribution in [-0.2, 0) is 0 Å². The lowest BCUT2D eigenvalue weighted by molar-refractivity contribution is 0.291. The normalized spacial score (nSPS) is 32.3. The van der Waals surface area contributed by atoms with Crippen LogP contribution in [0, 0.1) is 5.41 Å². The molecule has 1 saturated carbocycles. The van der Waals surface area contributed by atoms with Crippen molar-refractivity contribution in [3.63, 3.8) is 0 Å². The lowest BCUT2D eigenvalue weighted by Gasteiger charge is -2.31. The minimum Gasteiger partial charge on any atom is -0.329 e. The van der Waals surface area contributed by atoms with Gasteiger partial charge in [-0.25, -0.2) is 0 Å². The van der Waals surface area contributed by atoms with Gasteiger partial charge in [-0.3, -0.25) is 0 Å². The minimum absolute atomic E-state index is 0.250. The zero-order valence-corrected chi connectivity index (χ0v) is 9.32. The van der Waals surface area contributed by atoms with E-state index >= 15 is 0 Å². The Labute approximate surface area is 82.3 Å². The zero-order valence-electron chi connectivity index (χ0n) is 9.32.